The molecule has 6 heteroatoms. The standard InChI is InChI=1S/C23H21NO5/c1-3-27-15-8-10-16(11-9-15)28-14-23(25)24-19-13-21-18(12-22(19)26-2)17-6-4-5-7-20(17)29-21/h4-13H,3,14H2,1-2H3,(H,24,25). The largest absolute Gasteiger partial charge is 0.495 e. The molecule has 0 atom stereocenters. The van der Waals surface area contributed by atoms with Gasteiger partial charge in [-0.1, -0.05) is 18.2 Å². The number of furan rings is 1. The molecule has 0 aliphatic carbocycles. The van der Waals surface area contributed by atoms with E-state index in [1.54, 1.807) is 37.4 Å². The number of hydrogen-bond donors (Lipinski definition) is 1. The Morgan fingerprint density at radius 2 is 1.66 bits per heavy atom. The van der Waals surface area contributed by atoms with Crippen molar-refractivity contribution in [3.05, 3.63) is 60.7 Å². The fraction of sp³-hybridized carbons (Fsp3) is 0.174. The summed E-state index contributed by atoms with van der Waals surface area (Å²) in [6.45, 7) is 2.39. The fourth-order valence-electron chi connectivity index (χ4n) is 3.15. The zero-order chi connectivity index (χ0) is 20.2. The number of nitrogens with one attached hydrogen (secondary N) is 1. The highest BCUT2D eigenvalue weighted by atomic mass is 16.5. The minimum Gasteiger partial charge on any atom is -0.495 e. The molecule has 0 unspecified atom stereocenters. The van der Waals surface area contributed by atoms with Gasteiger partial charge in [0.05, 0.1) is 19.4 Å². The Labute approximate surface area is 168 Å². The molecule has 0 saturated carbocycles. The molecule has 1 heterocycles. The lowest BCUT2D eigenvalue weighted by atomic mass is 10.1. The number of benzene rings is 3. The number of ether oxygens (including phenoxy) is 3. The van der Waals surface area contributed by atoms with Gasteiger partial charge in [0.2, 0.25) is 0 Å². The van der Waals surface area contributed by atoms with Crippen LogP contribution in [0.4, 0.5) is 5.69 Å². The van der Waals surface area contributed by atoms with Crippen molar-refractivity contribution in [1.82, 2.24) is 0 Å². The van der Waals surface area contributed by atoms with Gasteiger partial charge in [-0.3, -0.25) is 4.79 Å². The molecule has 0 bridgehead atoms. The van der Waals surface area contributed by atoms with Gasteiger partial charge in [-0.15, -0.1) is 0 Å². The molecule has 0 fully saturated rings. The van der Waals surface area contributed by atoms with Crippen LogP contribution >= 0.6 is 0 Å². The number of anilines is 1. The van der Waals surface area contributed by atoms with Crippen molar-refractivity contribution in [2.45, 2.75) is 6.92 Å². The van der Waals surface area contributed by atoms with Gasteiger partial charge < -0.3 is 23.9 Å². The summed E-state index contributed by atoms with van der Waals surface area (Å²) in [4.78, 5) is 12.4. The van der Waals surface area contributed by atoms with E-state index in [1.165, 1.54) is 0 Å². The van der Waals surface area contributed by atoms with E-state index >= 15 is 0 Å². The molecule has 0 aliphatic rings. The summed E-state index contributed by atoms with van der Waals surface area (Å²) in [6.07, 6.45) is 0. The Balaban J connectivity index is 1.49. The molecule has 1 N–H and O–H groups in total. The number of methoxy groups -OCH3 is 1. The predicted octanol–water partition coefficient (Wildman–Crippen LogP) is 5.01. The highest BCUT2D eigenvalue weighted by Crippen LogP contribution is 2.36. The topological polar surface area (TPSA) is 69.9 Å². The van der Waals surface area contributed by atoms with Crippen molar-refractivity contribution in [3.63, 3.8) is 0 Å². The van der Waals surface area contributed by atoms with Crippen LogP contribution in [0.15, 0.2) is 65.1 Å². The highest BCUT2D eigenvalue weighted by Gasteiger charge is 2.14. The number of rotatable bonds is 7. The van der Waals surface area contributed by atoms with Gasteiger partial charge >= 0.3 is 0 Å². The zero-order valence-electron chi connectivity index (χ0n) is 16.2. The Morgan fingerprint density at radius 1 is 0.931 bits per heavy atom. The normalized spacial score (nSPS) is 10.8. The maximum absolute atomic E-state index is 12.4. The van der Waals surface area contributed by atoms with Crippen molar-refractivity contribution in [2.24, 2.45) is 0 Å². The van der Waals surface area contributed by atoms with Crippen molar-refractivity contribution in [2.75, 3.05) is 25.6 Å². The van der Waals surface area contributed by atoms with Crippen LogP contribution in [0.2, 0.25) is 0 Å². The van der Waals surface area contributed by atoms with Gasteiger partial charge in [0.15, 0.2) is 6.61 Å². The van der Waals surface area contributed by atoms with Crippen molar-refractivity contribution < 1.29 is 23.4 Å². The summed E-state index contributed by atoms with van der Waals surface area (Å²) in [7, 11) is 1.57. The minimum atomic E-state index is -0.298. The van der Waals surface area contributed by atoms with Crippen molar-refractivity contribution in [1.29, 1.82) is 0 Å². The third-order valence-corrected chi connectivity index (χ3v) is 4.48. The van der Waals surface area contributed by atoms with Gasteiger partial charge in [0.25, 0.3) is 5.91 Å². The molecule has 0 saturated heterocycles. The van der Waals surface area contributed by atoms with Crippen LogP contribution < -0.4 is 19.5 Å². The molecule has 4 rings (SSSR count). The first-order valence-electron chi connectivity index (χ1n) is 9.32. The Bertz CT molecular complexity index is 1150. The molecule has 148 valence electrons. The Kier molecular flexibility index (Phi) is 5.24. The first-order chi connectivity index (χ1) is 14.2. The van der Waals surface area contributed by atoms with Crippen LogP contribution in [0.1, 0.15) is 6.92 Å². The van der Waals surface area contributed by atoms with Crippen LogP contribution in [-0.2, 0) is 4.79 Å². The molecule has 6 nitrogen and oxygen atoms in total. The van der Waals surface area contributed by atoms with E-state index < -0.39 is 0 Å². The van der Waals surface area contributed by atoms with Gasteiger partial charge in [-0.2, -0.15) is 0 Å². The smallest absolute Gasteiger partial charge is 0.262 e. The van der Waals surface area contributed by atoms with Crippen LogP contribution in [0.5, 0.6) is 17.2 Å². The summed E-state index contributed by atoms with van der Waals surface area (Å²) in [6, 6.07) is 18.5. The highest BCUT2D eigenvalue weighted by molar-refractivity contribution is 6.07. The molecule has 1 amide bonds. The van der Waals surface area contributed by atoms with E-state index in [-0.39, 0.29) is 12.5 Å². The number of amides is 1. The first kappa shape index (κ1) is 18.7. The lowest BCUT2D eigenvalue weighted by Gasteiger charge is -2.11. The maximum atomic E-state index is 12.4. The Hall–Kier alpha value is -3.67. The summed E-state index contributed by atoms with van der Waals surface area (Å²) >= 11 is 0. The summed E-state index contributed by atoms with van der Waals surface area (Å²) < 4.78 is 22.3. The molecule has 4 aromatic rings. The molecular formula is C23H21NO5. The van der Waals surface area contributed by atoms with Crippen LogP contribution in [0.3, 0.4) is 0 Å². The number of fused-ring (bicyclic) bond motifs is 3. The van der Waals surface area contributed by atoms with E-state index in [0.29, 0.717) is 29.4 Å². The van der Waals surface area contributed by atoms with Gasteiger partial charge in [-0.05, 0) is 43.3 Å². The van der Waals surface area contributed by atoms with E-state index in [1.807, 2.05) is 37.3 Å². The van der Waals surface area contributed by atoms with E-state index in [4.69, 9.17) is 18.6 Å². The third kappa shape index (κ3) is 3.96. The lowest BCUT2D eigenvalue weighted by Crippen LogP contribution is -2.20. The average molecular weight is 391 g/mol. The van der Waals surface area contributed by atoms with Crippen LogP contribution in [0, 0.1) is 0 Å². The number of hydrogen-bond acceptors (Lipinski definition) is 5. The van der Waals surface area contributed by atoms with Crippen LogP contribution in [0.25, 0.3) is 21.9 Å². The second-order valence-corrected chi connectivity index (χ2v) is 6.39. The molecule has 3 aromatic carbocycles. The average Bonchev–Trinajstić information content (AvgIpc) is 3.10. The second-order valence-electron chi connectivity index (χ2n) is 6.39. The zero-order valence-corrected chi connectivity index (χ0v) is 16.2. The summed E-state index contributed by atoms with van der Waals surface area (Å²) in [5.41, 5.74) is 1.99. The first-order valence-corrected chi connectivity index (χ1v) is 9.32. The quantitative estimate of drug-likeness (QED) is 0.479. The van der Waals surface area contributed by atoms with Gasteiger partial charge in [-0.25, -0.2) is 0 Å². The van der Waals surface area contributed by atoms with E-state index in [9.17, 15) is 4.79 Å². The lowest BCUT2D eigenvalue weighted by molar-refractivity contribution is -0.118. The molecular weight excluding hydrogens is 370 g/mol. The SMILES string of the molecule is CCOc1ccc(OCC(=O)Nc2cc3oc4ccccc4c3cc2OC)cc1. The third-order valence-electron chi connectivity index (χ3n) is 4.48. The minimum absolute atomic E-state index is 0.130. The van der Waals surface area contributed by atoms with Crippen LogP contribution in [-0.4, -0.2) is 26.2 Å². The maximum Gasteiger partial charge on any atom is 0.262 e. The molecule has 1 aromatic heterocycles. The van der Waals surface area contributed by atoms with E-state index in [0.717, 1.165) is 22.1 Å². The second kappa shape index (κ2) is 8.14. The fourth-order valence-corrected chi connectivity index (χ4v) is 3.15. The molecule has 29 heavy (non-hydrogen) atoms. The van der Waals surface area contributed by atoms with E-state index in [2.05, 4.69) is 5.32 Å². The molecule has 0 spiro atoms. The number of carbonyl (C=O) groups is 1. The van der Waals surface area contributed by atoms with Crippen molar-refractivity contribution in [3.8, 4) is 17.2 Å². The molecule has 0 aliphatic heterocycles. The van der Waals surface area contributed by atoms with Gasteiger partial charge in [0, 0.05) is 16.8 Å². The number of para-hydroxylation sites is 1. The van der Waals surface area contributed by atoms with Gasteiger partial charge in [0.1, 0.15) is 28.4 Å². The monoisotopic (exact) mass is 391 g/mol. The Morgan fingerprint density at radius 3 is 2.38 bits per heavy atom. The number of carbonyl (C=O) groups excluding carboxylic acids is 1. The molecule has 0 radical (unpaired) electrons. The summed E-state index contributed by atoms with van der Waals surface area (Å²) in [5.74, 6) is 1.60. The predicted molar refractivity (Wildman–Crippen MR) is 112 cm³/mol. The summed E-state index contributed by atoms with van der Waals surface area (Å²) in [5, 5.41) is 4.76. The van der Waals surface area contributed by atoms with Crippen molar-refractivity contribution >= 4 is 33.5 Å².